The summed E-state index contributed by atoms with van der Waals surface area (Å²) in [7, 11) is 0. The number of ether oxygens (including phenoxy) is 1. The maximum atomic E-state index is 6.08. The molecule has 28 heavy (non-hydrogen) atoms. The molecule has 0 fully saturated rings. The maximum Gasteiger partial charge on any atom is 0.119 e. The van der Waals surface area contributed by atoms with Gasteiger partial charge in [-0.15, -0.1) is 0 Å². The van der Waals surface area contributed by atoms with Gasteiger partial charge in [0.2, 0.25) is 0 Å². The number of benzene rings is 2. The Bertz CT molecular complexity index is 825. The summed E-state index contributed by atoms with van der Waals surface area (Å²) in [5, 5.41) is 3.83. The first-order valence-corrected chi connectivity index (χ1v) is 11.0. The molecule has 2 aliphatic rings. The summed E-state index contributed by atoms with van der Waals surface area (Å²) >= 11 is 0. The van der Waals surface area contributed by atoms with Crippen LogP contribution >= 0.6 is 0 Å². The van der Waals surface area contributed by atoms with E-state index in [0.717, 1.165) is 25.2 Å². The smallest absolute Gasteiger partial charge is 0.119 e. The van der Waals surface area contributed by atoms with Gasteiger partial charge in [0, 0.05) is 11.6 Å². The molecule has 1 aliphatic heterocycles. The molecule has 0 saturated carbocycles. The quantitative estimate of drug-likeness (QED) is 0.390. The average molecular weight is 376 g/mol. The first kappa shape index (κ1) is 19.1. The fourth-order valence-corrected chi connectivity index (χ4v) is 4.75. The third-order valence-electron chi connectivity index (χ3n) is 6.25. The average Bonchev–Trinajstić information content (AvgIpc) is 3.20. The normalized spacial score (nSPS) is 22.4. The van der Waals surface area contributed by atoms with Crippen molar-refractivity contribution in [3.8, 4) is 5.75 Å². The van der Waals surface area contributed by atoms with Crippen LogP contribution in [-0.4, -0.2) is 6.61 Å². The van der Waals surface area contributed by atoms with Crippen LogP contribution in [0, 0.1) is 12.8 Å². The molecular formula is C26H33NO. The molecule has 0 aromatic heterocycles. The van der Waals surface area contributed by atoms with E-state index in [1.165, 1.54) is 48.1 Å². The summed E-state index contributed by atoms with van der Waals surface area (Å²) in [5.41, 5.74) is 5.38. The van der Waals surface area contributed by atoms with Gasteiger partial charge in [-0.25, -0.2) is 0 Å². The number of aryl methyl sites for hydroxylation is 1. The van der Waals surface area contributed by atoms with E-state index < -0.39 is 0 Å². The standard InChI is InChI=1S/C26H33NO/c1-3-4-5-6-7-16-28-21-14-15-25-24(18-21)22-12-9-13-23(22)26(27-25)20-11-8-10-19(2)17-20/h8-12,14-15,17-18,22-23,26-27H,3-7,13,16H2,1-2H3. The molecule has 0 radical (unpaired) electrons. The van der Waals surface area contributed by atoms with E-state index >= 15 is 0 Å². The van der Waals surface area contributed by atoms with Gasteiger partial charge in [0.05, 0.1) is 12.6 Å². The summed E-state index contributed by atoms with van der Waals surface area (Å²) in [5.74, 6) is 2.08. The number of anilines is 1. The minimum atomic E-state index is 0.373. The van der Waals surface area contributed by atoms with Crippen molar-refractivity contribution in [2.75, 3.05) is 11.9 Å². The molecule has 2 aromatic carbocycles. The Morgan fingerprint density at radius 1 is 1.04 bits per heavy atom. The molecule has 2 heteroatoms. The monoisotopic (exact) mass is 375 g/mol. The molecule has 2 aromatic rings. The van der Waals surface area contributed by atoms with E-state index in [9.17, 15) is 0 Å². The summed E-state index contributed by atoms with van der Waals surface area (Å²) in [6.07, 6.45) is 12.3. The number of fused-ring (bicyclic) bond motifs is 3. The second kappa shape index (κ2) is 8.86. The third-order valence-corrected chi connectivity index (χ3v) is 6.25. The molecule has 2 nitrogen and oxygen atoms in total. The molecule has 1 N–H and O–H groups in total. The summed E-state index contributed by atoms with van der Waals surface area (Å²) in [6.45, 7) is 5.26. The number of rotatable bonds is 8. The van der Waals surface area contributed by atoms with Crippen molar-refractivity contribution in [1.29, 1.82) is 0 Å². The number of nitrogens with one attached hydrogen (secondary N) is 1. The predicted molar refractivity (Wildman–Crippen MR) is 118 cm³/mol. The highest BCUT2D eigenvalue weighted by atomic mass is 16.5. The van der Waals surface area contributed by atoms with E-state index in [-0.39, 0.29) is 0 Å². The maximum absolute atomic E-state index is 6.08. The van der Waals surface area contributed by atoms with Crippen molar-refractivity contribution in [3.63, 3.8) is 0 Å². The van der Waals surface area contributed by atoms with Gasteiger partial charge in [0.25, 0.3) is 0 Å². The lowest BCUT2D eigenvalue weighted by atomic mass is 9.77. The van der Waals surface area contributed by atoms with Crippen LogP contribution in [0.2, 0.25) is 0 Å². The summed E-state index contributed by atoms with van der Waals surface area (Å²) in [4.78, 5) is 0. The van der Waals surface area contributed by atoms with Crippen LogP contribution in [0.5, 0.6) is 5.75 Å². The van der Waals surface area contributed by atoms with Crippen LogP contribution in [0.15, 0.2) is 54.6 Å². The number of unbranched alkanes of at least 4 members (excludes halogenated alkanes) is 4. The van der Waals surface area contributed by atoms with E-state index in [1.54, 1.807) is 0 Å². The van der Waals surface area contributed by atoms with Gasteiger partial charge in [0.1, 0.15) is 5.75 Å². The zero-order valence-corrected chi connectivity index (χ0v) is 17.3. The molecule has 148 valence electrons. The highest BCUT2D eigenvalue weighted by Crippen LogP contribution is 2.50. The second-order valence-electron chi connectivity index (χ2n) is 8.40. The molecule has 0 amide bonds. The van der Waals surface area contributed by atoms with E-state index in [0.29, 0.717) is 17.9 Å². The van der Waals surface area contributed by atoms with Crippen LogP contribution in [0.4, 0.5) is 5.69 Å². The number of hydrogen-bond acceptors (Lipinski definition) is 2. The van der Waals surface area contributed by atoms with Gasteiger partial charge >= 0.3 is 0 Å². The van der Waals surface area contributed by atoms with Crippen molar-refractivity contribution in [1.82, 2.24) is 0 Å². The lowest BCUT2D eigenvalue weighted by Crippen LogP contribution is -2.29. The molecule has 1 aliphatic carbocycles. The Morgan fingerprint density at radius 3 is 2.79 bits per heavy atom. The fraction of sp³-hybridized carbons (Fsp3) is 0.462. The van der Waals surface area contributed by atoms with Crippen molar-refractivity contribution >= 4 is 5.69 Å². The van der Waals surface area contributed by atoms with Gasteiger partial charge in [-0.05, 0) is 55.0 Å². The van der Waals surface area contributed by atoms with E-state index in [4.69, 9.17) is 4.74 Å². The first-order valence-electron chi connectivity index (χ1n) is 11.0. The van der Waals surface area contributed by atoms with E-state index in [2.05, 4.69) is 73.8 Å². The summed E-state index contributed by atoms with van der Waals surface area (Å²) < 4.78 is 6.08. The zero-order chi connectivity index (χ0) is 19.3. The minimum absolute atomic E-state index is 0.373. The number of allylic oxidation sites excluding steroid dienone is 2. The van der Waals surface area contributed by atoms with Gasteiger partial charge in [-0.1, -0.05) is 74.6 Å². The van der Waals surface area contributed by atoms with E-state index in [1.807, 2.05) is 0 Å². The Morgan fingerprint density at radius 2 is 1.93 bits per heavy atom. The zero-order valence-electron chi connectivity index (χ0n) is 17.3. The molecule has 1 heterocycles. The van der Waals surface area contributed by atoms with Crippen LogP contribution in [0.3, 0.4) is 0 Å². The Kier molecular flexibility index (Phi) is 6.04. The third kappa shape index (κ3) is 4.11. The molecule has 4 rings (SSSR count). The van der Waals surface area contributed by atoms with Crippen molar-refractivity contribution in [2.45, 2.75) is 64.3 Å². The molecule has 3 unspecified atom stereocenters. The number of hydrogen-bond donors (Lipinski definition) is 1. The predicted octanol–water partition coefficient (Wildman–Crippen LogP) is 7.17. The highest BCUT2D eigenvalue weighted by molar-refractivity contribution is 5.61. The second-order valence-corrected chi connectivity index (χ2v) is 8.40. The molecule has 0 saturated heterocycles. The minimum Gasteiger partial charge on any atom is -0.494 e. The molecule has 3 atom stereocenters. The van der Waals surface area contributed by atoms with Gasteiger partial charge in [-0.2, -0.15) is 0 Å². The van der Waals surface area contributed by atoms with Crippen molar-refractivity contribution in [2.24, 2.45) is 5.92 Å². The lowest BCUT2D eigenvalue weighted by Gasteiger charge is -2.37. The molecule has 0 spiro atoms. The largest absolute Gasteiger partial charge is 0.494 e. The topological polar surface area (TPSA) is 21.3 Å². The van der Waals surface area contributed by atoms with Crippen LogP contribution < -0.4 is 10.1 Å². The van der Waals surface area contributed by atoms with Gasteiger partial charge < -0.3 is 10.1 Å². The van der Waals surface area contributed by atoms with Crippen LogP contribution in [-0.2, 0) is 0 Å². The Hall–Kier alpha value is -2.22. The van der Waals surface area contributed by atoms with Crippen molar-refractivity contribution in [3.05, 3.63) is 71.3 Å². The van der Waals surface area contributed by atoms with Crippen LogP contribution in [0.1, 0.15) is 74.1 Å². The summed E-state index contributed by atoms with van der Waals surface area (Å²) in [6, 6.07) is 15.9. The van der Waals surface area contributed by atoms with Gasteiger partial charge in [0.15, 0.2) is 0 Å². The first-order chi connectivity index (χ1) is 13.8. The highest BCUT2D eigenvalue weighted by Gasteiger charge is 2.38. The SMILES string of the molecule is CCCCCCCOc1ccc2c(c1)C1C=CCC1C(c1cccc(C)c1)N2. The fourth-order valence-electron chi connectivity index (χ4n) is 4.75. The van der Waals surface area contributed by atoms with Gasteiger partial charge in [-0.3, -0.25) is 0 Å². The Labute approximate surface area is 170 Å². The van der Waals surface area contributed by atoms with Crippen molar-refractivity contribution < 1.29 is 4.74 Å². The molecule has 0 bridgehead atoms. The Balaban J connectivity index is 1.47. The van der Waals surface area contributed by atoms with Crippen LogP contribution in [0.25, 0.3) is 0 Å². The lowest BCUT2D eigenvalue weighted by molar-refractivity contribution is 0.303. The molecular weight excluding hydrogens is 342 g/mol.